The van der Waals surface area contributed by atoms with Crippen LogP contribution in [0, 0.1) is 0 Å². The van der Waals surface area contributed by atoms with Crippen molar-refractivity contribution in [3.8, 4) is 11.5 Å². The molecule has 1 unspecified atom stereocenters. The van der Waals surface area contributed by atoms with E-state index in [1.54, 1.807) is 41.9 Å². The van der Waals surface area contributed by atoms with Crippen molar-refractivity contribution in [2.24, 2.45) is 7.05 Å². The van der Waals surface area contributed by atoms with Crippen LogP contribution >= 0.6 is 0 Å². The number of aryl methyl sites for hydroxylation is 1. The van der Waals surface area contributed by atoms with Crippen molar-refractivity contribution >= 4 is 34.4 Å². The van der Waals surface area contributed by atoms with Gasteiger partial charge in [-0.3, -0.25) is 9.59 Å². The Morgan fingerprint density at radius 1 is 1.18 bits per heavy atom. The standard InChI is InChI=1S/C26H25F3N6O5/c1-15(36)31-23-11-18(5-6-30-23)40-17-3-4-20-22(10-17)34(2)25(32-20)33-21-9-16(26(27,28)29)12-35(24(21)37)13-19-14-38-7-8-39-19/h3-6,9-12,19H,7-8,13-14H2,1-2H3,(H,32,33)(H,30,31,36). The zero-order valence-electron chi connectivity index (χ0n) is 21.5. The topological polar surface area (TPSA) is 122 Å². The minimum absolute atomic E-state index is 0.0979. The van der Waals surface area contributed by atoms with E-state index in [1.807, 2.05) is 0 Å². The molecule has 0 radical (unpaired) electrons. The van der Waals surface area contributed by atoms with Gasteiger partial charge in [0.1, 0.15) is 23.0 Å². The van der Waals surface area contributed by atoms with E-state index in [2.05, 4.69) is 20.6 Å². The van der Waals surface area contributed by atoms with Crippen LogP contribution in [-0.2, 0) is 34.0 Å². The van der Waals surface area contributed by atoms with E-state index in [4.69, 9.17) is 14.2 Å². The van der Waals surface area contributed by atoms with E-state index in [-0.39, 0.29) is 30.7 Å². The molecule has 4 aromatic rings. The Balaban J connectivity index is 1.43. The number of nitrogens with one attached hydrogen (secondary N) is 2. The van der Waals surface area contributed by atoms with Gasteiger partial charge in [0, 0.05) is 38.5 Å². The monoisotopic (exact) mass is 558 g/mol. The van der Waals surface area contributed by atoms with Crippen LogP contribution in [0.4, 0.5) is 30.6 Å². The molecule has 0 bridgehead atoms. The first-order valence-electron chi connectivity index (χ1n) is 12.2. The van der Waals surface area contributed by atoms with Gasteiger partial charge in [0.05, 0.1) is 49.1 Å². The number of pyridine rings is 2. The number of carbonyl (C=O) groups is 1. The van der Waals surface area contributed by atoms with Crippen LogP contribution in [0.3, 0.4) is 0 Å². The molecule has 0 saturated carbocycles. The normalized spacial score (nSPS) is 15.7. The molecular weight excluding hydrogens is 533 g/mol. The van der Waals surface area contributed by atoms with Gasteiger partial charge in [-0.05, 0) is 24.3 Å². The van der Waals surface area contributed by atoms with Crippen molar-refractivity contribution < 1.29 is 32.2 Å². The molecule has 1 aromatic carbocycles. The predicted molar refractivity (Wildman–Crippen MR) is 139 cm³/mol. The zero-order valence-corrected chi connectivity index (χ0v) is 21.5. The molecule has 5 rings (SSSR count). The second kappa shape index (κ2) is 11.0. The Morgan fingerprint density at radius 3 is 2.70 bits per heavy atom. The fourth-order valence-corrected chi connectivity index (χ4v) is 4.20. The predicted octanol–water partition coefficient (Wildman–Crippen LogP) is 4.06. The number of amides is 1. The maximum Gasteiger partial charge on any atom is 0.417 e. The lowest BCUT2D eigenvalue weighted by Crippen LogP contribution is -2.36. The summed E-state index contributed by atoms with van der Waals surface area (Å²) in [5.74, 6) is 1.08. The molecule has 2 N–H and O–H groups in total. The van der Waals surface area contributed by atoms with Crippen LogP contribution in [0.2, 0.25) is 0 Å². The van der Waals surface area contributed by atoms with Crippen LogP contribution in [-0.4, -0.2) is 50.9 Å². The average Bonchev–Trinajstić information content (AvgIpc) is 3.20. The number of hydrogen-bond donors (Lipinski definition) is 2. The van der Waals surface area contributed by atoms with E-state index in [0.29, 0.717) is 41.6 Å². The minimum Gasteiger partial charge on any atom is -0.457 e. The first-order valence-corrected chi connectivity index (χ1v) is 12.2. The number of alkyl halides is 3. The molecule has 40 heavy (non-hydrogen) atoms. The van der Waals surface area contributed by atoms with E-state index in [9.17, 15) is 22.8 Å². The molecule has 4 heterocycles. The number of halogens is 3. The number of fused-ring (bicyclic) bond motifs is 1. The Bertz CT molecular complexity index is 1610. The molecule has 1 saturated heterocycles. The van der Waals surface area contributed by atoms with Crippen molar-refractivity contribution in [2.75, 3.05) is 30.5 Å². The number of nitrogens with zero attached hydrogens (tertiary/aromatic N) is 4. The van der Waals surface area contributed by atoms with Gasteiger partial charge in [-0.15, -0.1) is 0 Å². The maximum atomic E-state index is 13.7. The Kier molecular flexibility index (Phi) is 7.45. The van der Waals surface area contributed by atoms with E-state index < -0.39 is 23.4 Å². The highest BCUT2D eigenvalue weighted by Gasteiger charge is 2.33. The van der Waals surface area contributed by atoms with Crippen LogP contribution in [0.1, 0.15) is 12.5 Å². The molecule has 1 fully saturated rings. The Hall–Kier alpha value is -4.43. The summed E-state index contributed by atoms with van der Waals surface area (Å²) in [5, 5.41) is 5.35. The molecule has 1 atom stereocenters. The third kappa shape index (κ3) is 6.07. The second-order valence-corrected chi connectivity index (χ2v) is 9.10. The quantitative estimate of drug-likeness (QED) is 0.349. The first-order chi connectivity index (χ1) is 19.1. The third-order valence-electron chi connectivity index (χ3n) is 6.07. The molecule has 1 aliphatic heterocycles. The van der Waals surface area contributed by atoms with E-state index in [1.165, 1.54) is 13.1 Å². The minimum atomic E-state index is -4.68. The van der Waals surface area contributed by atoms with Crippen LogP contribution in [0.25, 0.3) is 11.0 Å². The van der Waals surface area contributed by atoms with Crippen molar-refractivity contribution in [2.45, 2.75) is 25.7 Å². The third-order valence-corrected chi connectivity index (χ3v) is 6.07. The number of ether oxygens (including phenoxy) is 3. The number of rotatable bonds is 7. The molecule has 1 aliphatic rings. The lowest BCUT2D eigenvalue weighted by Gasteiger charge is -2.24. The summed E-state index contributed by atoms with van der Waals surface area (Å²) in [5.41, 5.74) is -0.825. The molecule has 1 amide bonds. The molecule has 210 valence electrons. The molecular formula is C26H25F3N6O5. The Morgan fingerprint density at radius 2 is 1.98 bits per heavy atom. The van der Waals surface area contributed by atoms with Gasteiger partial charge in [-0.1, -0.05) is 0 Å². The summed E-state index contributed by atoms with van der Waals surface area (Å²) < 4.78 is 60.4. The van der Waals surface area contributed by atoms with Gasteiger partial charge in [-0.25, -0.2) is 9.97 Å². The van der Waals surface area contributed by atoms with Crippen molar-refractivity contribution in [1.82, 2.24) is 19.1 Å². The number of imidazole rings is 1. The number of anilines is 3. The van der Waals surface area contributed by atoms with Crippen LogP contribution in [0.5, 0.6) is 11.5 Å². The number of benzene rings is 1. The smallest absolute Gasteiger partial charge is 0.417 e. The van der Waals surface area contributed by atoms with E-state index in [0.717, 1.165) is 16.8 Å². The van der Waals surface area contributed by atoms with Gasteiger partial charge in [0.2, 0.25) is 11.9 Å². The number of carbonyl (C=O) groups excluding carboxylic acids is 1. The summed E-state index contributed by atoms with van der Waals surface area (Å²) in [6, 6.07) is 8.98. The van der Waals surface area contributed by atoms with Crippen LogP contribution in [0.15, 0.2) is 53.6 Å². The fourth-order valence-electron chi connectivity index (χ4n) is 4.20. The summed E-state index contributed by atoms with van der Waals surface area (Å²) in [6.45, 7) is 2.13. The Labute approximate surface area is 225 Å². The fraction of sp³-hybridized carbons (Fsp3) is 0.308. The molecule has 0 spiro atoms. The van der Waals surface area contributed by atoms with Crippen molar-refractivity contribution in [3.63, 3.8) is 0 Å². The average molecular weight is 559 g/mol. The van der Waals surface area contributed by atoms with Gasteiger partial charge in [0.15, 0.2) is 0 Å². The van der Waals surface area contributed by atoms with Gasteiger partial charge < -0.3 is 34.0 Å². The second-order valence-electron chi connectivity index (χ2n) is 9.10. The zero-order chi connectivity index (χ0) is 28.4. The lowest BCUT2D eigenvalue weighted by atomic mass is 10.2. The number of aromatic nitrogens is 4. The SMILES string of the molecule is CC(=O)Nc1cc(Oc2ccc3nc(Nc4cc(C(F)(F)F)cn(CC5COCCO5)c4=O)n(C)c3c2)ccn1. The van der Waals surface area contributed by atoms with Gasteiger partial charge in [-0.2, -0.15) is 13.2 Å². The molecule has 0 aliphatic carbocycles. The summed E-state index contributed by atoms with van der Waals surface area (Å²) >= 11 is 0. The highest BCUT2D eigenvalue weighted by Crippen LogP contribution is 2.32. The highest BCUT2D eigenvalue weighted by atomic mass is 19.4. The molecule has 3 aromatic heterocycles. The number of hydrogen-bond acceptors (Lipinski definition) is 8. The summed E-state index contributed by atoms with van der Waals surface area (Å²) in [7, 11) is 1.65. The highest BCUT2D eigenvalue weighted by molar-refractivity contribution is 5.87. The largest absolute Gasteiger partial charge is 0.457 e. The molecule has 11 nitrogen and oxygen atoms in total. The summed E-state index contributed by atoms with van der Waals surface area (Å²) in [6.07, 6.45) is -2.96. The maximum absolute atomic E-state index is 13.7. The van der Waals surface area contributed by atoms with Gasteiger partial charge in [0.25, 0.3) is 5.56 Å². The van der Waals surface area contributed by atoms with E-state index >= 15 is 0 Å². The van der Waals surface area contributed by atoms with Crippen molar-refractivity contribution in [1.29, 1.82) is 0 Å². The van der Waals surface area contributed by atoms with Crippen LogP contribution < -0.4 is 20.9 Å². The first kappa shape index (κ1) is 27.1. The van der Waals surface area contributed by atoms with Gasteiger partial charge >= 0.3 is 6.18 Å². The lowest BCUT2D eigenvalue weighted by molar-refractivity contribution is -0.138. The van der Waals surface area contributed by atoms with Crippen molar-refractivity contribution in [3.05, 3.63) is 64.7 Å². The molecule has 14 heteroatoms. The summed E-state index contributed by atoms with van der Waals surface area (Å²) in [4.78, 5) is 33.0.